The van der Waals surface area contributed by atoms with E-state index in [0.717, 1.165) is 25.7 Å². The third-order valence-electron chi connectivity index (χ3n) is 2.33. The largest absolute Gasteiger partial charge is 0.479 e. The van der Waals surface area contributed by atoms with Crippen molar-refractivity contribution in [3.63, 3.8) is 0 Å². The summed E-state index contributed by atoms with van der Waals surface area (Å²) in [5, 5.41) is 8.50. The van der Waals surface area contributed by atoms with Crippen LogP contribution in [0.3, 0.4) is 0 Å². The molecule has 74 valence electrons. The summed E-state index contributed by atoms with van der Waals surface area (Å²) in [5.74, 6) is -1.51. The van der Waals surface area contributed by atoms with Gasteiger partial charge in [0.1, 0.15) is 0 Å². The number of ether oxygens (including phenoxy) is 1. The molecule has 0 amide bonds. The standard InChI is InChI=1S/C9H14O4/c1-6(8(10)11)13-9(12)7-4-2-3-5-7/h6-7H,2-5H2,1H3,(H,10,11). The predicted octanol–water partition coefficient (Wildman–Crippen LogP) is 1.19. The van der Waals surface area contributed by atoms with Gasteiger partial charge in [-0.05, 0) is 19.8 Å². The van der Waals surface area contributed by atoms with E-state index in [1.165, 1.54) is 6.92 Å². The summed E-state index contributed by atoms with van der Waals surface area (Å²) in [7, 11) is 0. The Balaban J connectivity index is 2.35. The van der Waals surface area contributed by atoms with Crippen molar-refractivity contribution in [2.45, 2.75) is 38.7 Å². The quantitative estimate of drug-likeness (QED) is 0.672. The summed E-state index contributed by atoms with van der Waals surface area (Å²) in [6.07, 6.45) is 2.74. The number of carboxylic acids is 1. The van der Waals surface area contributed by atoms with Crippen molar-refractivity contribution in [2.24, 2.45) is 5.92 Å². The zero-order valence-electron chi connectivity index (χ0n) is 7.66. The molecule has 0 bridgehead atoms. The molecule has 1 rings (SSSR count). The van der Waals surface area contributed by atoms with Crippen LogP contribution in [0.2, 0.25) is 0 Å². The second kappa shape index (κ2) is 4.25. The van der Waals surface area contributed by atoms with Crippen molar-refractivity contribution in [3.8, 4) is 0 Å². The number of esters is 1. The number of hydrogen-bond donors (Lipinski definition) is 1. The normalized spacial score (nSPS) is 19.8. The van der Waals surface area contributed by atoms with E-state index in [1.54, 1.807) is 0 Å². The monoisotopic (exact) mass is 186 g/mol. The first kappa shape index (κ1) is 10.0. The average Bonchev–Trinajstić information content (AvgIpc) is 2.55. The third-order valence-corrected chi connectivity index (χ3v) is 2.33. The molecule has 1 saturated carbocycles. The zero-order chi connectivity index (χ0) is 9.84. The Morgan fingerprint density at radius 2 is 1.92 bits per heavy atom. The first-order valence-electron chi connectivity index (χ1n) is 4.54. The van der Waals surface area contributed by atoms with Crippen LogP contribution in [0.15, 0.2) is 0 Å². The van der Waals surface area contributed by atoms with Crippen molar-refractivity contribution < 1.29 is 19.4 Å². The molecule has 1 aliphatic carbocycles. The van der Waals surface area contributed by atoms with E-state index in [2.05, 4.69) is 0 Å². The number of carbonyl (C=O) groups excluding carboxylic acids is 1. The fraction of sp³-hybridized carbons (Fsp3) is 0.778. The first-order valence-corrected chi connectivity index (χ1v) is 4.54. The highest BCUT2D eigenvalue weighted by atomic mass is 16.6. The van der Waals surface area contributed by atoms with Crippen molar-refractivity contribution in [3.05, 3.63) is 0 Å². The molecule has 0 saturated heterocycles. The minimum Gasteiger partial charge on any atom is -0.479 e. The topological polar surface area (TPSA) is 63.6 Å². The molecule has 0 spiro atoms. The summed E-state index contributed by atoms with van der Waals surface area (Å²) in [5.41, 5.74) is 0. The molecular weight excluding hydrogens is 172 g/mol. The van der Waals surface area contributed by atoms with Gasteiger partial charge in [-0.3, -0.25) is 4.79 Å². The molecule has 0 aromatic heterocycles. The lowest BCUT2D eigenvalue weighted by molar-refractivity contribution is -0.165. The van der Waals surface area contributed by atoms with Crippen molar-refractivity contribution in [1.82, 2.24) is 0 Å². The minimum atomic E-state index is -1.09. The Morgan fingerprint density at radius 3 is 2.38 bits per heavy atom. The van der Waals surface area contributed by atoms with E-state index in [0.29, 0.717) is 0 Å². The van der Waals surface area contributed by atoms with Crippen LogP contribution in [0.5, 0.6) is 0 Å². The summed E-state index contributed by atoms with van der Waals surface area (Å²) < 4.78 is 4.76. The van der Waals surface area contributed by atoms with Crippen LogP contribution in [0.1, 0.15) is 32.6 Å². The van der Waals surface area contributed by atoms with Gasteiger partial charge in [0.25, 0.3) is 0 Å². The molecule has 1 unspecified atom stereocenters. The van der Waals surface area contributed by atoms with Crippen LogP contribution in [0.4, 0.5) is 0 Å². The highest BCUT2D eigenvalue weighted by Crippen LogP contribution is 2.26. The summed E-state index contributed by atoms with van der Waals surface area (Å²) in [6.45, 7) is 1.37. The molecule has 0 aromatic rings. The maximum Gasteiger partial charge on any atom is 0.344 e. The molecule has 1 fully saturated rings. The number of rotatable bonds is 3. The van der Waals surface area contributed by atoms with Crippen LogP contribution in [0, 0.1) is 5.92 Å². The lowest BCUT2D eigenvalue weighted by Crippen LogP contribution is -2.26. The van der Waals surface area contributed by atoms with Crippen LogP contribution in [-0.2, 0) is 14.3 Å². The third kappa shape index (κ3) is 2.72. The van der Waals surface area contributed by atoms with E-state index in [-0.39, 0.29) is 11.9 Å². The number of carbonyl (C=O) groups is 2. The Hall–Kier alpha value is -1.06. The Morgan fingerprint density at radius 1 is 1.38 bits per heavy atom. The van der Waals surface area contributed by atoms with Crippen LogP contribution < -0.4 is 0 Å². The summed E-state index contributed by atoms with van der Waals surface area (Å²) >= 11 is 0. The van der Waals surface area contributed by atoms with Crippen LogP contribution in [-0.4, -0.2) is 23.1 Å². The molecule has 1 aliphatic rings. The number of hydrogen-bond acceptors (Lipinski definition) is 3. The van der Waals surface area contributed by atoms with Gasteiger partial charge in [0.15, 0.2) is 6.10 Å². The van der Waals surface area contributed by atoms with E-state index in [9.17, 15) is 9.59 Å². The van der Waals surface area contributed by atoms with E-state index in [1.807, 2.05) is 0 Å². The Bertz CT molecular complexity index is 206. The lowest BCUT2D eigenvalue weighted by atomic mass is 10.1. The summed E-state index contributed by atoms with van der Waals surface area (Å²) in [6, 6.07) is 0. The van der Waals surface area contributed by atoms with Gasteiger partial charge in [-0.2, -0.15) is 0 Å². The van der Waals surface area contributed by atoms with Crippen LogP contribution >= 0.6 is 0 Å². The van der Waals surface area contributed by atoms with Gasteiger partial charge in [-0.1, -0.05) is 12.8 Å². The number of aliphatic carboxylic acids is 1. The summed E-state index contributed by atoms with van der Waals surface area (Å²) in [4.78, 5) is 21.6. The van der Waals surface area contributed by atoms with Gasteiger partial charge in [-0.25, -0.2) is 4.79 Å². The highest BCUT2D eigenvalue weighted by Gasteiger charge is 2.27. The molecule has 4 nitrogen and oxygen atoms in total. The van der Waals surface area contributed by atoms with Gasteiger partial charge in [-0.15, -0.1) is 0 Å². The fourth-order valence-electron chi connectivity index (χ4n) is 1.48. The lowest BCUT2D eigenvalue weighted by Gasteiger charge is -2.12. The molecule has 0 heterocycles. The molecule has 13 heavy (non-hydrogen) atoms. The SMILES string of the molecule is CC(OC(=O)C1CCCC1)C(=O)O. The van der Waals surface area contributed by atoms with Gasteiger partial charge >= 0.3 is 11.9 Å². The maximum absolute atomic E-state index is 11.3. The van der Waals surface area contributed by atoms with Gasteiger partial charge < -0.3 is 9.84 Å². The highest BCUT2D eigenvalue weighted by molar-refractivity contribution is 5.78. The molecule has 0 aromatic carbocycles. The fourth-order valence-corrected chi connectivity index (χ4v) is 1.48. The second-order valence-electron chi connectivity index (χ2n) is 3.40. The van der Waals surface area contributed by atoms with Crippen molar-refractivity contribution in [1.29, 1.82) is 0 Å². The van der Waals surface area contributed by atoms with Gasteiger partial charge in [0.05, 0.1) is 5.92 Å². The smallest absolute Gasteiger partial charge is 0.344 e. The van der Waals surface area contributed by atoms with Crippen molar-refractivity contribution in [2.75, 3.05) is 0 Å². The maximum atomic E-state index is 11.3. The molecule has 1 N–H and O–H groups in total. The van der Waals surface area contributed by atoms with Crippen molar-refractivity contribution >= 4 is 11.9 Å². The van der Waals surface area contributed by atoms with E-state index >= 15 is 0 Å². The predicted molar refractivity (Wildman–Crippen MR) is 45.1 cm³/mol. The van der Waals surface area contributed by atoms with Gasteiger partial charge in [0.2, 0.25) is 0 Å². The first-order chi connectivity index (χ1) is 6.11. The van der Waals surface area contributed by atoms with Crippen LogP contribution in [0.25, 0.3) is 0 Å². The van der Waals surface area contributed by atoms with E-state index < -0.39 is 12.1 Å². The minimum absolute atomic E-state index is 0.0678. The molecule has 0 aliphatic heterocycles. The van der Waals surface area contributed by atoms with E-state index in [4.69, 9.17) is 9.84 Å². The Labute approximate surface area is 76.9 Å². The average molecular weight is 186 g/mol. The molecule has 1 atom stereocenters. The molecule has 0 radical (unpaired) electrons. The zero-order valence-corrected chi connectivity index (χ0v) is 7.66. The number of carboxylic acid groups (broad SMARTS) is 1. The molecular formula is C9H14O4. The van der Waals surface area contributed by atoms with Gasteiger partial charge in [0, 0.05) is 0 Å². The molecule has 4 heteroatoms. The second-order valence-corrected chi connectivity index (χ2v) is 3.40. The Kier molecular flexibility index (Phi) is 3.28.